The van der Waals surface area contributed by atoms with Crippen molar-refractivity contribution in [3.05, 3.63) is 46.2 Å². The Kier molecular flexibility index (Phi) is 1.97. The number of fused-ring (bicyclic) bond motifs is 3. The fourth-order valence-electron chi connectivity index (χ4n) is 1.75. The van der Waals surface area contributed by atoms with E-state index in [-0.39, 0.29) is 0 Å². The number of rotatable bonds is 0. The predicted molar refractivity (Wildman–Crippen MR) is 65.4 cm³/mol. The molecule has 3 rings (SSSR count). The third kappa shape index (κ3) is 1.27. The van der Waals surface area contributed by atoms with Gasteiger partial charge in [-0.3, -0.25) is 4.40 Å². The number of imidazole rings is 1. The van der Waals surface area contributed by atoms with Gasteiger partial charge in [0, 0.05) is 5.39 Å². The molecule has 0 N–H and O–H groups in total. The first kappa shape index (κ1) is 9.19. The van der Waals surface area contributed by atoms with Crippen LogP contribution >= 0.6 is 27.5 Å². The quantitative estimate of drug-likeness (QED) is 0.611. The minimum Gasteiger partial charge on any atom is -0.285 e. The van der Waals surface area contributed by atoms with Crippen molar-refractivity contribution in [1.29, 1.82) is 0 Å². The van der Waals surface area contributed by atoms with E-state index in [2.05, 4.69) is 20.9 Å². The molecule has 0 atom stereocenters. The molecule has 0 saturated heterocycles. The summed E-state index contributed by atoms with van der Waals surface area (Å²) in [7, 11) is 0. The highest BCUT2D eigenvalue weighted by Gasteiger charge is 2.07. The molecule has 0 saturated carbocycles. The van der Waals surface area contributed by atoms with E-state index < -0.39 is 0 Å². The van der Waals surface area contributed by atoms with Crippen LogP contribution in [-0.2, 0) is 0 Å². The number of nitrogens with zero attached hydrogens (tertiary/aromatic N) is 2. The van der Waals surface area contributed by atoms with Crippen LogP contribution in [0.15, 0.2) is 41.1 Å². The zero-order chi connectivity index (χ0) is 10.4. The van der Waals surface area contributed by atoms with Gasteiger partial charge in [0.1, 0.15) is 10.3 Å². The third-order valence-corrected chi connectivity index (χ3v) is 3.26. The van der Waals surface area contributed by atoms with Gasteiger partial charge in [-0.05, 0) is 34.1 Å². The second kappa shape index (κ2) is 3.22. The summed E-state index contributed by atoms with van der Waals surface area (Å²) in [5.41, 5.74) is 1.88. The first-order valence-electron chi connectivity index (χ1n) is 4.47. The van der Waals surface area contributed by atoms with Crippen LogP contribution in [0.3, 0.4) is 0 Å². The number of para-hydroxylation sites is 1. The van der Waals surface area contributed by atoms with E-state index in [4.69, 9.17) is 11.6 Å². The predicted octanol–water partition coefficient (Wildman–Crippen LogP) is 3.90. The molecule has 0 aliphatic rings. The summed E-state index contributed by atoms with van der Waals surface area (Å²) in [5, 5.41) is 1.84. The number of hydrogen-bond donors (Lipinski definition) is 0. The Labute approximate surface area is 99.6 Å². The van der Waals surface area contributed by atoms with Crippen LogP contribution in [0.1, 0.15) is 0 Å². The van der Waals surface area contributed by atoms with Crippen molar-refractivity contribution in [3.63, 3.8) is 0 Å². The lowest BCUT2D eigenvalue weighted by Crippen LogP contribution is -1.89. The van der Waals surface area contributed by atoms with Gasteiger partial charge in [0.2, 0.25) is 0 Å². The fourth-order valence-corrected chi connectivity index (χ4v) is 2.48. The van der Waals surface area contributed by atoms with Gasteiger partial charge < -0.3 is 0 Å². The van der Waals surface area contributed by atoms with Crippen molar-refractivity contribution in [1.82, 2.24) is 9.38 Å². The van der Waals surface area contributed by atoms with Gasteiger partial charge in [0.05, 0.1) is 16.7 Å². The number of aromatic nitrogens is 2. The van der Waals surface area contributed by atoms with Gasteiger partial charge in [-0.15, -0.1) is 0 Å². The molecule has 2 nitrogen and oxygen atoms in total. The van der Waals surface area contributed by atoms with Crippen LogP contribution in [-0.4, -0.2) is 9.38 Å². The topological polar surface area (TPSA) is 17.3 Å². The second-order valence-electron chi connectivity index (χ2n) is 3.29. The van der Waals surface area contributed by atoms with Crippen LogP contribution in [0, 0.1) is 0 Å². The molecule has 0 aliphatic carbocycles. The highest BCUT2D eigenvalue weighted by Crippen LogP contribution is 2.27. The lowest BCUT2D eigenvalue weighted by molar-refractivity contribution is 1.22. The van der Waals surface area contributed by atoms with Crippen molar-refractivity contribution >= 4 is 44.1 Å². The van der Waals surface area contributed by atoms with Crippen molar-refractivity contribution in [2.45, 2.75) is 0 Å². The van der Waals surface area contributed by atoms with Gasteiger partial charge in [0.15, 0.2) is 0 Å². The number of halogens is 2. The number of hydrogen-bond acceptors (Lipinski definition) is 1. The van der Waals surface area contributed by atoms with Crippen LogP contribution < -0.4 is 0 Å². The Morgan fingerprint density at radius 3 is 2.93 bits per heavy atom. The Bertz CT molecular complexity index is 660. The minimum absolute atomic E-state index is 0.733. The Hall–Kier alpha value is -1.06. The molecule has 2 heterocycles. The summed E-state index contributed by atoms with van der Waals surface area (Å²) in [4.78, 5) is 4.27. The Morgan fingerprint density at radius 2 is 2.07 bits per heavy atom. The zero-order valence-electron chi connectivity index (χ0n) is 7.61. The maximum atomic E-state index is 6.20. The lowest BCUT2D eigenvalue weighted by atomic mass is 10.2. The average Bonchev–Trinajstić information content (AvgIpc) is 2.61. The summed E-state index contributed by atoms with van der Waals surface area (Å²) >= 11 is 9.66. The standard InChI is InChI=1S/C11H6BrClN2/c12-9-6-14-10-5-4-7-2-1-3-8(13)11(7)15(9)10/h1-6H. The molecule has 3 aromatic rings. The summed E-state index contributed by atoms with van der Waals surface area (Å²) in [6, 6.07) is 9.86. The minimum atomic E-state index is 0.733. The molecule has 15 heavy (non-hydrogen) atoms. The normalized spacial score (nSPS) is 11.3. The molecule has 0 radical (unpaired) electrons. The number of pyridine rings is 1. The van der Waals surface area contributed by atoms with Gasteiger partial charge in [-0.25, -0.2) is 4.98 Å². The third-order valence-electron chi connectivity index (χ3n) is 2.40. The Morgan fingerprint density at radius 1 is 1.20 bits per heavy atom. The van der Waals surface area contributed by atoms with Crippen LogP contribution in [0.5, 0.6) is 0 Å². The molecule has 0 bridgehead atoms. The van der Waals surface area contributed by atoms with Crippen LogP contribution in [0.2, 0.25) is 5.02 Å². The van der Waals surface area contributed by atoms with Gasteiger partial charge in [-0.1, -0.05) is 23.7 Å². The van der Waals surface area contributed by atoms with Gasteiger partial charge in [-0.2, -0.15) is 0 Å². The fraction of sp³-hybridized carbons (Fsp3) is 0. The van der Waals surface area contributed by atoms with Crippen molar-refractivity contribution < 1.29 is 0 Å². The summed E-state index contributed by atoms with van der Waals surface area (Å²) in [6.45, 7) is 0. The molecule has 74 valence electrons. The van der Waals surface area contributed by atoms with E-state index in [1.165, 1.54) is 0 Å². The molecule has 2 aromatic heterocycles. The number of benzene rings is 1. The average molecular weight is 282 g/mol. The monoisotopic (exact) mass is 280 g/mol. The van der Waals surface area contributed by atoms with Crippen LogP contribution in [0.4, 0.5) is 0 Å². The van der Waals surface area contributed by atoms with Crippen molar-refractivity contribution in [3.8, 4) is 0 Å². The molecule has 0 spiro atoms. The highest BCUT2D eigenvalue weighted by molar-refractivity contribution is 9.10. The van der Waals surface area contributed by atoms with Crippen molar-refractivity contribution in [2.75, 3.05) is 0 Å². The summed E-state index contributed by atoms with van der Waals surface area (Å²) in [6.07, 6.45) is 1.78. The second-order valence-corrected chi connectivity index (χ2v) is 4.51. The molecule has 0 aliphatic heterocycles. The lowest BCUT2D eigenvalue weighted by Gasteiger charge is -2.04. The zero-order valence-corrected chi connectivity index (χ0v) is 9.96. The van der Waals surface area contributed by atoms with E-state index in [1.807, 2.05) is 34.7 Å². The molecule has 0 amide bonds. The highest BCUT2D eigenvalue weighted by atomic mass is 79.9. The van der Waals surface area contributed by atoms with E-state index in [0.717, 1.165) is 26.2 Å². The summed E-state index contributed by atoms with van der Waals surface area (Å²) < 4.78 is 2.91. The van der Waals surface area contributed by atoms with Gasteiger partial charge >= 0.3 is 0 Å². The van der Waals surface area contributed by atoms with Crippen molar-refractivity contribution in [2.24, 2.45) is 0 Å². The molecular formula is C11H6BrClN2. The smallest absolute Gasteiger partial charge is 0.138 e. The SMILES string of the molecule is Clc1cccc2ccc3ncc(Br)n3c12. The molecule has 1 aromatic carbocycles. The van der Waals surface area contributed by atoms with Gasteiger partial charge in [0.25, 0.3) is 0 Å². The maximum Gasteiger partial charge on any atom is 0.138 e. The molecule has 0 fully saturated rings. The van der Waals surface area contributed by atoms with E-state index in [0.29, 0.717) is 0 Å². The van der Waals surface area contributed by atoms with E-state index in [1.54, 1.807) is 6.20 Å². The van der Waals surface area contributed by atoms with E-state index >= 15 is 0 Å². The molecular weight excluding hydrogens is 275 g/mol. The summed E-state index contributed by atoms with van der Waals surface area (Å²) in [5.74, 6) is 0. The maximum absolute atomic E-state index is 6.20. The largest absolute Gasteiger partial charge is 0.285 e. The molecule has 0 unspecified atom stereocenters. The first-order valence-corrected chi connectivity index (χ1v) is 5.64. The Balaban J connectivity index is 2.68. The molecule has 4 heteroatoms. The van der Waals surface area contributed by atoms with Crippen LogP contribution in [0.25, 0.3) is 16.6 Å². The van der Waals surface area contributed by atoms with E-state index in [9.17, 15) is 0 Å². The first-order chi connectivity index (χ1) is 7.27.